The zero-order valence-corrected chi connectivity index (χ0v) is 21.5. The molecule has 3 heterocycles. The first-order valence-electron chi connectivity index (χ1n) is 13.3. The number of benzene rings is 2. The summed E-state index contributed by atoms with van der Waals surface area (Å²) in [5.41, 5.74) is 5.32. The second kappa shape index (κ2) is 10.8. The average Bonchev–Trinajstić information content (AvgIpc) is 3.34. The molecule has 0 radical (unpaired) electrons. The van der Waals surface area contributed by atoms with Crippen molar-refractivity contribution in [1.82, 2.24) is 0 Å². The number of aromatic nitrogens is 1. The number of hydrogen-bond acceptors (Lipinski definition) is 4. The molecule has 0 spiro atoms. The number of ether oxygens (including phenoxy) is 4. The first-order valence-corrected chi connectivity index (χ1v) is 13.3. The van der Waals surface area contributed by atoms with Crippen LogP contribution >= 0.6 is 0 Å². The average molecular weight is 477 g/mol. The predicted octanol–water partition coefficient (Wildman–Crippen LogP) is 6.78. The van der Waals surface area contributed by atoms with Crippen molar-refractivity contribution in [3.8, 4) is 34.3 Å². The fourth-order valence-electron chi connectivity index (χ4n) is 5.70. The van der Waals surface area contributed by atoms with Crippen LogP contribution in [0.15, 0.2) is 30.5 Å². The van der Waals surface area contributed by atoms with Crippen LogP contribution in [0.25, 0.3) is 22.0 Å². The normalized spacial score (nSPS) is 13.6. The number of aryl methyl sites for hydroxylation is 3. The largest absolute Gasteiger partial charge is 0.493 e. The molecular formula is C30H38NO4+. The van der Waals surface area contributed by atoms with Crippen molar-refractivity contribution in [1.29, 1.82) is 0 Å². The van der Waals surface area contributed by atoms with Crippen molar-refractivity contribution < 1.29 is 23.5 Å². The smallest absolute Gasteiger partial charge is 0.231 e. The van der Waals surface area contributed by atoms with E-state index in [4.69, 9.17) is 18.9 Å². The minimum atomic E-state index is 0.304. The SMILES string of the molecule is CCCCCCCCCCc1c2[n+](cc3c(OC)c(OC)ccc13)CCc1cc3c(cc1-2)OCO3. The molecule has 2 aliphatic rings. The lowest BCUT2D eigenvalue weighted by Gasteiger charge is -2.21. The number of nitrogens with zero attached hydrogens (tertiary/aromatic N) is 1. The van der Waals surface area contributed by atoms with Gasteiger partial charge in [0.25, 0.3) is 0 Å². The number of hydrogen-bond donors (Lipinski definition) is 0. The minimum absolute atomic E-state index is 0.304. The molecule has 0 aliphatic carbocycles. The summed E-state index contributed by atoms with van der Waals surface area (Å²) in [5, 5.41) is 2.37. The van der Waals surface area contributed by atoms with Crippen LogP contribution in [0.4, 0.5) is 0 Å². The van der Waals surface area contributed by atoms with Gasteiger partial charge in [-0.15, -0.1) is 0 Å². The maximum Gasteiger partial charge on any atom is 0.231 e. The lowest BCUT2D eigenvalue weighted by atomic mass is 9.89. The van der Waals surface area contributed by atoms with Crippen LogP contribution in [0.2, 0.25) is 0 Å². The molecule has 2 aromatic carbocycles. The van der Waals surface area contributed by atoms with Gasteiger partial charge in [-0.3, -0.25) is 0 Å². The predicted molar refractivity (Wildman–Crippen MR) is 139 cm³/mol. The van der Waals surface area contributed by atoms with Crippen LogP contribution in [-0.2, 0) is 19.4 Å². The minimum Gasteiger partial charge on any atom is -0.493 e. The summed E-state index contributed by atoms with van der Waals surface area (Å²) in [7, 11) is 3.44. The van der Waals surface area contributed by atoms with Gasteiger partial charge in [0, 0.05) is 17.4 Å². The molecule has 0 bridgehead atoms. The highest BCUT2D eigenvalue weighted by Gasteiger charge is 2.32. The Kier molecular flexibility index (Phi) is 7.31. The van der Waals surface area contributed by atoms with Crippen molar-refractivity contribution in [3.63, 3.8) is 0 Å². The molecule has 0 atom stereocenters. The third kappa shape index (κ3) is 4.65. The fraction of sp³-hybridized carbons (Fsp3) is 0.500. The summed E-state index contributed by atoms with van der Waals surface area (Å²) in [4.78, 5) is 0. The maximum atomic E-state index is 5.84. The van der Waals surface area contributed by atoms with Crippen LogP contribution in [0.5, 0.6) is 23.0 Å². The van der Waals surface area contributed by atoms with E-state index in [-0.39, 0.29) is 0 Å². The first kappa shape index (κ1) is 23.8. The van der Waals surface area contributed by atoms with E-state index in [1.165, 1.54) is 79.1 Å². The third-order valence-corrected chi connectivity index (χ3v) is 7.52. The van der Waals surface area contributed by atoms with Crippen molar-refractivity contribution in [2.45, 2.75) is 77.7 Å². The lowest BCUT2D eigenvalue weighted by molar-refractivity contribution is -0.686. The van der Waals surface area contributed by atoms with Gasteiger partial charge in [-0.1, -0.05) is 51.9 Å². The Labute approximate surface area is 209 Å². The Morgan fingerprint density at radius 1 is 0.857 bits per heavy atom. The van der Waals surface area contributed by atoms with Gasteiger partial charge in [0.2, 0.25) is 12.5 Å². The summed E-state index contributed by atoms with van der Waals surface area (Å²) in [6.07, 6.45) is 14.8. The van der Waals surface area contributed by atoms with Crippen LogP contribution in [0.1, 0.15) is 69.4 Å². The molecule has 0 N–H and O–H groups in total. The van der Waals surface area contributed by atoms with E-state index in [2.05, 4.69) is 35.9 Å². The monoisotopic (exact) mass is 476 g/mol. The topological polar surface area (TPSA) is 40.8 Å². The Morgan fingerprint density at radius 3 is 2.34 bits per heavy atom. The molecule has 1 aromatic heterocycles. The number of pyridine rings is 1. The molecule has 2 aliphatic heterocycles. The van der Waals surface area contributed by atoms with Crippen molar-refractivity contribution in [3.05, 3.63) is 41.6 Å². The van der Waals surface area contributed by atoms with Crippen molar-refractivity contribution in [2.24, 2.45) is 0 Å². The molecule has 35 heavy (non-hydrogen) atoms. The van der Waals surface area contributed by atoms with Gasteiger partial charge in [-0.2, -0.15) is 4.57 Å². The van der Waals surface area contributed by atoms with E-state index in [1.807, 2.05) is 6.07 Å². The molecule has 0 fully saturated rings. The van der Waals surface area contributed by atoms with E-state index in [1.54, 1.807) is 14.2 Å². The Bertz CT molecular complexity index is 1200. The van der Waals surface area contributed by atoms with Crippen molar-refractivity contribution >= 4 is 10.8 Å². The molecule has 0 saturated carbocycles. The molecule has 186 valence electrons. The molecule has 5 heteroatoms. The number of fused-ring (bicyclic) bond motifs is 5. The number of methoxy groups -OCH3 is 2. The van der Waals surface area contributed by atoms with Crippen molar-refractivity contribution in [2.75, 3.05) is 21.0 Å². The Hall–Kier alpha value is -2.95. The molecule has 0 unspecified atom stereocenters. The Morgan fingerprint density at radius 2 is 1.60 bits per heavy atom. The summed E-state index contributed by atoms with van der Waals surface area (Å²) in [5.74, 6) is 3.31. The van der Waals surface area contributed by atoms with E-state index in [0.717, 1.165) is 47.8 Å². The summed E-state index contributed by atoms with van der Waals surface area (Å²) in [6, 6.07) is 8.62. The second-order valence-electron chi connectivity index (χ2n) is 9.75. The van der Waals surface area contributed by atoms with Gasteiger partial charge in [0.1, 0.15) is 0 Å². The molecule has 0 amide bonds. The molecule has 3 aromatic rings. The van der Waals surface area contributed by atoms with Gasteiger partial charge in [0.15, 0.2) is 35.7 Å². The molecule has 5 rings (SSSR count). The fourth-order valence-corrected chi connectivity index (χ4v) is 5.70. The summed E-state index contributed by atoms with van der Waals surface area (Å²) in [6.45, 7) is 3.51. The highest BCUT2D eigenvalue weighted by Crippen LogP contribution is 2.43. The quantitative estimate of drug-likeness (QED) is 0.226. The second-order valence-corrected chi connectivity index (χ2v) is 9.75. The molecular weight excluding hydrogens is 438 g/mol. The van der Waals surface area contributed by atoms with Gasteiger partial charge in [-0.05, 0) is 42.7 Å². The summed E-state index contributed by atoms with van der Waals surface area (Å²) >= 11 is 0. The highest BCUT2D eigenvalue weighted by atomic mass is 16.7. The number of rotatable bonds is 11. The van der Waals surface area contributed by atoms with Crippen LogP contribution in [0.3, 0.4) is 0 Å². The molecule has 0 saturated heterocycles. The van der Waals surface area contributed by atoms with E-state index >= 15 is 0 Å². The summed E-state index contributed by atoms with van der Waals surface area (Å²) < 4.78 is 25.3. The molecule has 5 nitrogen and oxygen atoms in total. The third-order valence-electron chi connectivity index (χ3n) is 7.52. The van der Waals surface area contributed by atoms with Gasteiger partial charge >= 0.3 is 0 Å². The standard InChI is InChI=1S/C30H38NO4/c1-4-5-6-7-8-9-10-11-12-23-22-13-14-26(32-2)30(33-3)25(22)19-31-16-15-21-17-27-28(35-20-34-27)18-24(21)29(23)31/h13-14,17-19H,4-12,15-16,20H2,1-3H3/q+1. The van der Waals surface area contributed by atoms with E-state index < -0.39 is 0 Å². The van der Waals surface area contributed by atoms with E-state index in [9.17, 15) is 0 Å². The van der Waals surface area contributed by atoms with Crippen LogP contribution in [-0.4, -0.2) is 21.0 Å². The first-order chi connectivity index (χ1) is 17.2. The van der Waals surface area contributed by atoms with E-state index in [0.29, 0.717) is 6.79 Å². The highest BCUT2D eigenvalue weighted by molar-refractivity contribution is 5.95. The number of unbranched alkanes of at least 4 members (excludes halogenated alkanes) is 7. The van der Waals surface area contributed by atoms with Gasteiger partial charge in [-0.25, -0.2) is 0 Å². The van der Waals surface area contributed by atoms with Crippen LogP contribution < -0.4 is 23.5 Å². The van der Waals surface area contributed by atoms with Gasteiger partial charge in [0.05, 0.1) is 25.2 Å². The lowest BCUT2D eigenvalue weighted by Crippen LogP contribution is -2.41. The van der Waals surface area contributed by atoms with Crippen LogP contribution in [0, 0.1) is 0 Å². The zero-order chi connectivity index (χ0) is 24.2. The Balaban J connectivity index is 1.52. The maximum absolute atomic E-state index is 5.84. The zero-order valence-electron chi connectivity index (χ0n) is 21.5. The van der Waals surface area contributed by atoms with Gasteiger partial charge < -0.3 is 18.9 Å².